The molecule has 0 aliphatic rings. The van der Waals surface area contributed by atoms with Crippen LogP contribution in [0.4, 0.5) is 0 Å². The fourth-order valence-electron chi connectivity index (χ4n) is 5.07. The van der Waals surface area contributed by atoms with Crippen molar-refractivity contribution < 1.29 is 0 Å². The molecule has 5 rings (SSSR count). The van der Waals surface area contributed by atoms with Crippen LogP contribution in [0, 0.1) is 13.8 Å². The highest BCUT2D eigenvalue weighted by atomic mass is 15.4. The summed E-state index contributed by atoms with van der Waals surface area (Å²) in [7, 11) is 0. The third-order valence-electron chi connectivity index (χ3n) is 6.85. The van der Waals surface area contributed by atoms with Crippen LogP contribution in [0.5, 0.6) is 0 Å². The van der Waals surface area contributed by atoms with Gasteiger partial charge in [-0.05, 0) is 72.2 Å². The summed E-state index contributed by atoms with van der Waals surface area (Å²) in [5.41, 5.74) is 10.7. The van der Waals surface area contributed by atoms with Crippen LogP contribution in [0.2, 0.25) is 0 Å². The second kappa shape index (κ2) is 12.3. The van der Waals surface area contributed by atoms with Crippen LogP contribution >= 0.6 is 0 Å². The van der Waals surface area contributed by atoms with Crippen molar-refractivity contribution in [3.05, 3.63) is 113 Å². The first kappa shape index (κ1) is 28.0. The Labute approximate surface area is 234 Å². The zero-order valence-electron chi connectivity index (χ0n) is 24.7. The van der Waals surface area contributed by atoms with Gasteiger partial charge in [-0.25, -0.2) is 9.67 Å². The van der Waals surface area contributed by atoms with Crippen LogP contribution in [-0.4, -0.2) is 14.8 Å². The largest absolute Gasteiger partial charge is 0.212 e. The van der Waals surface area contributed by atoms with Gasteiger partial charge in [-0.3, -0.25) is 0 Å². The SMILES string of the molecule is CC.Cc1cc(C)cc(-c2nc(-c3ccccc3)n(-c3c(C(C)C)cc(-c4ccccc4)cc3C(C)C)n2)c1. The van der Waals surface area contributed by atoms with E-state index >= 15 is 0 Å². The molecule has 39 heavy (non-hydrogen) atoms. The van der Waals surface area contributed by atoms with Crippen LogP contribution in [0.15, 0.2) is 91.0 Å². The Balaban J connectivity index is 0.00000172. The lowest BCUT2D eigenvalue weighted by molar-refractivity contribution is 0.774. The molecule has 1 aromatic heterocycles. The van der Waals surface area contributed by atoms with E-state index in [9.17, 15) is 0 Å². The fourth-order valence-corrected chi connectivity index (χ4v) is 5.07. The van der Waals surface area contributed by atoms with Gasteiger partial charge < -0.3 is 0 Å². The smallest absolute Gasteiger partial charge is 0.182 e. The van der Waals surface area contributed by atoms with E-state index in [1.165, 1.54) is 33.4 Å². The van der Waals surface area contributed by atoms with Gasteiger partial charge in [0, 0.05) is 11.1 Å². The minimum absolute atomic E-state index is 0.314. The van der Waals surface area contributed by atoms with Crippen LogP contribution in [0.25, 0.3) is 39.6 Å². The lowest BCUT2D eigenvalue weighted by Gasteiger charge is -2.22. The van der Waals surface area contributed by atoms with E-state index in [0.717, 1.165) is 28.5 Å². The minimum Gasteiger partial charge on any atom is -0.212 e. The number of aromatic nitrogens is 3. The van der Waals surface area contributed by atoms with Crippen molar-refractivity contribution in [1.29, 1.82) is 0 Å². The Morgan fingerprint density at radius 3 is 1.54 bits per heavy atom. The normalized spacial score (nSPS) is 11.0. The zero-order valence-corrected chi connectivity index (χ0v) is 24.7. The molecule has 3 heteroatoms. The average Bonchev–Trinajstić information content (AvgIpc) is 3.39. The van der Waals surface area contributed by atoms with Gasteiger partial charge in [-0.1, -0.05) is 119 Å². The molecular formula is C36H41N3. The maximum Gasteiger partial charge on any atom is 0.182 e. The maximum absolute atomic E-state index is 5.20. The summed E-state index contributed by atoms with van der Waals surface area (Å²) in [5, 5.41) is 5.20. The Morgan fingerprint density at radius 1 is 0.564 bits per heavy atom. The molecule has 0 saturated heterocycles. The standard InChI is InChI=1S/C34H35N3.C2H6/c1-22(2)30-20-28(26-13-9-7-10-14-26)21-31(23(3)4)32(30)37-34(27-15-11-8-12-16-27)35-33(36-37)29-18-24(5)17-25(6)19-29;1-2/h7-23H,1-6H3;1-2H3. The van der Waals surface area contributed by atoms with E-state index in [4.69, 9.17) is 10.1 Å². The predicted molar refractivity (Wildman–Crippen MR) is 167 cm³/mol. The highest BCUT2D eigenvalue weighted by Gasteiger charge is 2.23. The van der Waals surface area contributed by atoms with Crippen molar-refractivity contribution in [2.75, 3.05) is 0 Å². The summed E-state index contributed by atoms with van der Waals surface area (Å²) >= 11 is 0. The maximum atomic E-state index is 5.20. The Kier molecular flexibility index (Phi) is 8.81. The summed E-state index contributed by atoms with van der Waals surface area (Å²) in [6.45, 7) is 17.3. The number of benzene rings is 4. The van der Waals surface area contributed by atoms with Crippen molar-refractivity contribution in [1.82, 2.24) is 14.8 Å². The number of nitrogens with zero attached hydrogens (tertiary/aromatic N) is 3. The van der Waals surface area contributed by atoms with E-state index in [-0.39, 0.29) is 0 Å². The highest BCUT2D eigenvalue weighted by Crippen LogP contribution is 2.38. The van der Waals surface area contributed by atoms with Crippen LogP contribution < -0.4 is 0 Å². The van der Waals surface area contributed by atoms with Gasteiger partial charge in [0.2, 0.25) is 0 Å². The molecular weight excluding hydrogens is 474 g/mol. The van der Waals surface area contributed by atoms with Gasteiger partial charge in [0.05, 0.1) is 5.69 Å². The fraction of sp³-hybridized carbons (Fsp3) is 0.278. The van der Waals surface area contributed by atoms with Crippen molar-refractivity contribution in [2.24, 2.45) is 0 Å². The highest BCUT2D eigenvalue weighted by molar-refractivity contribution is 5.72. The molecule has 5 aromatic rings. The molecule has 0 bridgehead atoms. The molecule has 4 aromatic carbocycles. The second-order valence-corrected chi connectivity index (χ2v) is 10.6. The summed E-state index contributed by atoms with van der Waals surface area (Å²) in [5.74, 6) is 2.25. The van der Waals surface area contributed by atoms with E-state index < -0.39 is 0 Å². The molecule has 200 valence electrons. The van der Waals surface area contributed by atoms with Gasteiger partial charge in [0.25, 0.3) is 0 Å². The quantitative estimate of drug-likeness (QED) is 0.225. The number of rotatable bonds is 6. The lowest BCUT2D eigenvalue weighted by Crippen LogP contribution is -2.10. The summed E-state index contributed by atoms with van der Waals surface area (Å²) in [4.78, 5) is 5.14. The van der Waals surface area contributed by atoms with Crippen LogP contribution in [0.1, 0.15) is 75.6 Å². The molecule has 0 aliphatic heterocycles. The molecule has 1 heterocycles. The molecule has 0 atom stereocenters. The third kappa shape index (κ3) is 6.04. The van der Waals surface area contributed by atoms with Gasteiger partial charge in [0.15, 0.2) is 11.6 Å². The summed E-state index contributed by atoms with van der Waals surface area (Å²) < 4.78 is 2.10. The van der Waals surface area contributed by atoms with Crippen molar-refractivity contribution in [2.45, 2.75) is 67.2 Å². The predicted octanol–water partition coefficient (Wildman–Crippen LogP) is 10.2. The third-order valence-corrected chi connectivity index (χ3v) is 6.85. The molecule has 0 radical (unpaired) electrons. The average molecular weight is 516 g/mol. The Morgan fingerprint density at radius 2 is 1.05 bits per heavy atom. The minimum atomic E-state index is 0.314. The summed E-state index contributed by atoms with van der Waals surface area (Å²) in [6.07, 6.45) is 0. The van der Waals surface area contributed by atoms with E-state index in [0.29, 0.717) is 11.8 Å². The van der Waals surface area contributed by atoms with Gasteiger partial charge in [0.1, 0.15) is 0 Å². The second-order valence-electron chi connectivity index (χ2n) is 10.6. The van der Waals surface area contributed by atoms with Crippen LogP contribution in [0.3, 0.4) is 0 Å². The molecule has 3 nitrogen and oxygen atoms in total. The Hall–Kier alpha value is -3.98. The first-order valence-corrected chi connectivity index (χ1v) is 14.2. The van der Waals surface area contributed by atoms with Crippen molar-refractivity contribution in [3.8, 4) is 39.6 Å². The first-order chi connectivity index (χ1) is 18.8. The van der Waals surface area contributed by atoms with E-state index in [1.807, 2.05) is 19.9 Å². The van der Waals surface area contributed by atoms with Gasteiger partial charge in [-0.2, -0.15) is 0 Å². The number of aryl methyl sites for hydroxylation is 2. The number of hydrogen-bond donors (Lipinski definition) is 0. The Bertz CT molecular complexity index is 1480. The van der Waals surface area contributed by atoms with Gasteiger partial charge in [-0.15, -0.1) is 5.10 Å². The molecule has 0 unspecified atom stereocenters. The van der Waals surface area contributed by atoms with E-state index in [1.54, 1.807) is 0 Å². The van der Waals surface area contributed by atoms with E-state index in [2.05, 4.69) is 131 Å². The monoisotopic (exact) mass is 515 g/mol. The first-order valence-electron chi connectivity index (χ1n) is 14.2. The molecule has 0 saturated carbocycles. The van der Waals surface area contributed by atoms with Gasteiger partial charge >= 0.3 is 0 Å². The summed E-state index contributed by atoms with van der Waals surface area (Å²) in [6, 6.07) is 32.3. The molecule has 0 N–H and O–H groups in total. The lowest BCUT2D eigenvalue weighted by atomic mass is 9.88. The number of hydrogen-bond acceptors (Lipinski definition) is 2. The molecule has 0 fully saturated rings. The van der Waals surface area contributed by atoms with Crippen molar-refractivity contribution >= 4 is 0 Å². The van der Waals surface area contributed by atoms with Crippen molar-refractivity contribution in [3.63, 3.8) is 0 Å². The van der Waals surface area contributed by atoms with Crippen LogP contribution in [-0.2, 0) is 0 Å². The topological polar surface area (TPSA) is 30.7 Å². The molecule has 0 aliphatic carbocycles. The molecule has 0 spiro atoms. The zero-order chi connectivity index (χ0) is 28.1. The molecule has 0 amide bonds.